The van der Waals surface area contributed by atoms with Crippen LogP contribution in [0.5, 0.6) is 0 Å². The maximum Gasteiger partial charge on any atom is 0.116 e. The Hall–Kier alpha value is -0.150. The Morgan fingerprint density at radius 2 is 2.30 bits per heavy atom. The Morgan fingerprint density at radius 3 is 2.80 bits per heavy atom. The normalized spacial score (nSPS) is 33.0. The lowest BCUT2D eigenvalue weighted by atomic mass is 10.0. The second-order valence-electron chi connectivity index (χ2n) is 2.87. The molecular formula is C7H15FN2. The van der Waals surface area contributed by atoms with Gasteiger partial charge in [0.15, 0.2) is 0 Å². The van der Waals surface area contributed by atoms with Gasteiger partial charge in [0.2, 0.25) is 0 Å². The first-order valence-corrected chi connectivity index (χ1v) is 3.89. The van der Waals surface area contributed by atoms with E-state index in [9.17, 15) is 4.39 Å². The molecule has 2 unspecified atom stereocenters. The molecule has 0 spiro atoms. The molecule has 1 aliphatic heterocycles. The van der Waals surface area contributed by atoms with Crippen LogP contribution in [0.3, 0.4) is 0 Å². The fraction of sp³-hybridized carbons (Fsp3) is 1.00. The molecule has 0 aliphatic carbocycles. The summed E-state index contributed by atoms with van der Waals surface area (Å²) >= 11 is 0. The highest BCUT2D eigenvalue weighted by atomic mass is 19.1. The van der Waals surface area contributed by atoms with E-state index in [1.54, 1.807) is 0 Å². The number of hydrogen-bond donors (Lipinski definition) is 2. The third kappa shape index (κ3) is 1.92. The molecule has 0 aromatic carbocycles. The van der Waals surface area contributed by atoms with Gasteiger partial charge in [-0.2, -0.15) is 0 Å². The molecule has 1 rings (SSSR count). The maximum atomic E-state index is 12.8. The van der Waals surface area contributed by atoms with Gasteiger partial charge < -0.3 is 11.1 Å². The van der Waals surface area contributed by atoms with Gasteiger partial charge in [0, 0.05) is 19.0 Å². The number of halogens is 1. The van der Waals surface area contributed by atoms with Crippen molar-refractivity contribution in [2.45, 2.75) is 19.0 Å². The average Bonchev–Trinajstić information content (AvgIpc) is 2.31. The van der Waals surface area contributed by atoms with Crippen LogP contribution >= 0.6 is 0 Å². The van der Waals surface area contributed by atoms with Crippen molar-refractivity contribution in [1.82, 2.24) is 5.32 Å². The quantitative estimate of drug-likeness (QED) is 0.600. The summed E-state index contributed by atoms with van der Waals surface area (Å²) in [6, 6.07) is 0. The number of alkyl halides is 1. The Kier molecular flexibility index (Phi) is 3.09. The molecule has 1 saturated heterocycles. The largest absolute Gasteiger partial charge is 0.330 e. The lowest BCUT2D eigenvalue weighted by Gasteiger charge is -2.09. The molecule has 0 bridgehead atoms. The minimum Gasteiger partial charge on any atom is -0.330 e. The zero-order valence-electron chi connectivity index (χ0n) is 6.15. The number of rotatable bonds is 3. The van der Waals surface area contributed by atoms with Crippen molar-refractivity contribution in [2.24, 2.45) is 11.7 Å². The van der Waals surface area contributed by atoms with Crippen molar-refractivity contribution in [1.29, 1.82) is 0 Å². The molecule has 2 nitrogen and oxygen atoms in total. The van der Waals surface area contributed by atoms with Gasteiger partial charge in [-0.15, -0.1) is 0 Å². The van der Waals surface area contributed by atoms with Crippen LogP contribution in [0.1, 0.15) is 12.8 Å². The summed E-state index contributed by atoms with van der Waals surface area (Å²) in [5, 5.41) is 3.02. The number of hydrogen-bond acceptors (Lipinski definition) is 2. The third-order valence-electron chi connectivity index (χ3n) is 2.04. The maximum absolute atomic E-state index is 12.8. The lowest BCUT2D eigenvalue weighted by Crippen LogP contribution is -2.14. The van der Waals surface area contributed by atoms with Crippen molar-refractivity contribution in [3.8, 4) is 0 Å². The molecule has 0 aromatic heterocycles. The predicted molar refractivity (Wildman–Crippen MR) is 39.5 cm³/mol. The van der Waals surface area contributed by atoms with Crippen molar-refractivity contribution in [3.63, 3.8) is 0 Å². The Labute approximate surface area is 61.0 Å². The van der Waals surface area contributed by atoms with E-state index in [2.05, 4.69) is 5.32 Å². The second-order valence-corrected chi connectivity index (χ2v) is 2.87. The van der Waals surface area contributed by atoms with Crippen LogP contribution in [0, 0.1) is 5.92 Å². The highest BCUT2D eigenvalue weighted by molar-refractivity contribution is 4.80. The number of nitrogens with two attached hydrogens (primary N) is 1. The van der Waals surface area contributed by atoms with Gasteiger partial charge in [-0.05, 0) is 19.4 Å². The van der Waals surface area contributed by atoms with Gasteiger partial charge in [0.1, 0.15) is 6.17 Å². The van der Waals surface area contributed by atoms with Crippen molar-refractivity contribution in [2.75, 3.05) is 19.6 Å². The van der Waals surface area contributed by atoms with Crippen LogP contribution in [-0.2, 0) is 0 Å². The van der Waals surface area contributed by atoms with Crippen LogP contribution in [0.25, 0.3) is 0 Å². The zero-order chi connectivity index (χ0) is 7.40. The first kappa shape index (κ1) is 7.95. The molecule has 2 atom stereocenters. The molecule has 0 amide bonds. The van der Waals surface area contributed by atoms with Crippen molar-refractivity contribution in [3.05, 3.63) is 0 Å². The number of nitrogens with one attached hydrogen (secondary N) is 1. The lowest BCUT2D eigenvalue weighted by molar-refractivity contribution is 0.270. The van der Waals surface area contributed by atoms with E-state index < -0.39 is 6.17 Å². The molecule has 0 radical (unpaired) electrons. The summed E-state index contributed by atoms with van der Waals surface area (Å²) in [6.07, 6.45) is 1.25. The molecule has 3 heteroatoms. The fourth-order valence-electron chi connectivity index (χ4n) is 1.36. The van der Waals surface area contributed by atoms with Crippen molar-refractivity contribution < 1.29 is 4.39 Å². The summed E-state index contributed by atoms with van der Waals surface area (Å²) < 4.78 is 12.8. The smallest absolute Gasteiger partial charge is 0.116 e. The first-order valence-electron chi connectivity index (χ1n) is 3.89. The Bertz CT molecular complexity index is 97.6. The van der Waals surface area contributed by atoms with E-state index in [1.165, 1.54) is 0 Å². The molecule has 3 N–H and O–H groups in total. The Morgan fingerprint density at radius 1 is 1.50 bits per heavy atom. The standard InChI is InChI=1S/C7H15FN2/c8-7-5-10-4-6(7)2-1-3-9/h6-7,10H,1-5,9H2. The van der Waals surface area contributed by atoms with E-state index in [0.29, 0.717) is 13.1 Å². The topological polar surface area (TPSA) is 38.0 Å². The highest BCUT2D eigenvalue weighted by Gasteiger charge is 2.25. The molecule has 1 heterocycles. The van der Waals surface area contributed by atoms with Gasteiger partial charge in [0.05, 0.1) is 0 Å². The summed E-state index contributed by atoms with van der Waals surface area (Å²) in [5.41, 5.74) is 5.31. The van der Waals surface area contributed by atoms with Gasteiger partial charge in [-0.3, -0.25) is 0 Å². The van der Waals surface area contributed by atoms with E-state index in [0.717, 1.165) is 19.4 Å². The summed E-state index contributed by atoms with van der Waals surface area (Å²) in [7, 11) is 0. The van der Waals surface area contributed by atoms with E-state index in [4.69, 9.17) is 5.73 Å². The minimum atomic E-state index is -0.633. The molecule has 10 heavy (non-hydrogen) atoms. The van der Waals surface area contributed by atoms with E-state index in [1.807, 2.05) is 0 Å². The third-order valence-corrected chi connectivity index (χ3v) is 2.04. The summed E-state index contributed by atoms with van der Waals surface area (Å²) in [4.78, 5) is 0. The first-order chi connectivity index (χ1) is 4.84. The average molecular weight is 146 g/mol. The van der Waals surface area contributed by atoms with E-state index >= 15 is 0 Å². The van der Waals surface area contributed by atoms with Gasteiger partial charge >= 0.3 is 0 Å². The van der Waals surface area contributed by atoms with Crippen LogP contribution in [-0.4, -0.2) is 25.8 Å². The molecule has 0 aromatic rings. The van der Waals surface area contributed by atoms with Crippen LogP contribution in [0.15, 0.2) is 0 Å². The SMILES string of the molecule is NCCCC1CNCC1F. The fourth-order valence-corrected chi connectivity index (χ4v) is 1.36. The summed E-state index contributed by atoms with van der Waals surface area (Å²) in [6.45, 7) is 2.06. The minimum absolute atomic E-state index is 0.226. The predicted octanol–water partition coefficient (Wildman–Crippen LogP) is 0.283. The van der Waals surface area contributed by atoms with Crippen LogP contribution in [0.2, 0.25) is 0 Å². The van der Waals surface area contributed by atoms with E-state index in [-0.39, 0.29) is 5.92 Å². The molecule has 1 aliphatic rings. The highest BCUT2D eigenvalue weighted by Crippen LogP contribution is 2.17. The zero-order valence-corrected chi connectivity index (χ0v) is 6.15. The van der Waals surface area contributed by atoms with Gasteiger partial charge in [0.25, 0.3) is 0 Å². The summed E-state index contributed by atoms with van der Waals surface area (Å²) in [5.74, 6) is 0.226. The van der Waals surface area contributed by atoms with Gasteiger partial charge in [-0.1, -0.05) is 0 Å². The molecule has 0 saturated carbocycles. The Balaban J connectivity index is 2.14. The monoisotopic (exact) mass is 146 g/mol. The van der Waals surface area contributed by atoms with Gasteiger partial charge in [-0.25, -0.2) is 4.39 Å². The molecule has 1 fully saturated rings. The van der Waals surface area contributed by atoms with Crippen molar-refractivity contribution >= 4 is 0 Å². The molecule has 60 valence electrons. The molecular weight excluding hydrogens is 131 g/mol. The van der Waals surface area contributed by atoms with Crippen LogP contribution in [0.4, 0.5) is 4.39 Å². The van der Waals surface area contributed by atoms with Crippen LogP contribution < -0.4 is 11.1 Å². The second kappa shape index (κ2) is 3.88.